The van der Waals surface area contributed by atoms with Crippen molar-refractivity contribution in [3.8, 4) is 62.4 Å². The Kier molecular flexibility index (Phi) is 10.7. The van der Waals surface area contributed by atoms with Gasteiger partial charge in [-0.3, -0.25) is 9.13 Å². The van der Waals surface area contributed by atoms with E-state index in [1.165, 1.54) is 76.9 Å². The molecule has 0 N–H and O–H groups in total. The van der Waals surface area contributed by atoms with Gasteiger partial charge in [-0.25, -0.2) is 0 Å². The molecule has 7 aromatic heterocycles. The van der Waals surface area contributed by atoms with Crippen LogP contribution in [-0.2, 0) is 0 Å². The largest absolute Gasteiger partial charge is 0.309 e. The van der Waals surface area contributed by atoms with Crippen molar-refractivity contribution in [3.63, 3.8) is 0 Å². The van der Waals surface area contributed by atoms with Crippen LogP contribution in [0.2, 0.25) is 0 Å². The number of benzene rings is 13. The van der Waals surface area contributed by atoms with Crippen LogP contribution in [0.5, 0.6) is 0 Å². The molecule has 0 saturated heterocycles. The maximum atomic E-state index is 5.71. The van der Waals surface area contributed by atoms with Gasteiger partial charge in [-0.05, 0) is 137 Å². The van der Waals surface area contributed by atoms with Crippen molar-refractivity contribution in [1.82, 2.24) is 28.7 Å². The first-order valence-electron chi connectivity index (χ1n) is 30.3. The zero-order chi connectivity index (χ0) is 58.7. The third-order valence-electron chi connectivity index (χ3n) is 18.5. The molecule has 0 amide bonds. The quantitative estimate of drug-likeness (QED) is 0.160. The number of aromatic nitrogens is 6. The number of thiophene rings is 3. The summed E-state index contributed by atoms with van der Waals surface area (Å²) in [5, 5.41) is 14.5. The summed E-state index contributed by atoms with van der Waals surface area (Å²) < 4.78 is 14.7. The molecule has 20 rings (SSSR count). The van der Waals surface area contributed by atoms with E-state index in [-0.39, 0.29) is 0 Å². The van der Waals surface area contributed by atoms with Crippen LogP contribution >= 0.6 is 34.0 Å². The Labute approximate surface area is 526 Å². The van der Waals surface area contributed by atoms with Crippen molar-refractivity contribution in [3.05, 3.63) is 279 Å². The number of rotatable bonds is 7. The minimum absolute atomic E-state index is 0.525. The molecule has 0 aliphatic carbocycles. The monoisotopic (exact) mass is 1200 g/mol. The van der Waals surface area contributed by atoms with E-state index < -0.39 is 0 Å². The molecule has 0 atom stereocenters. The molecule has 9 heteroatoms. The summed E-state index contributed by atoms with van der Waals surface area (Å²) in [5.41, 5.74) is 15.0. The van der Waals surface area contributed by atoms with Gasteiger partial charge >= 0.3 is 0 Å². The third-order valence-corrected chi connectivity index (χ3v) is 22.0. The first-order chi connectivity index (χ1) is 44.6. The van der Waals surface area contributed by atoms with Crippen LogP contribution in [0.15, 0.2) is 279 Å². The van der Waals surface area contributed by atoms with Gasteiger partial charge in [0.2, 0.25) is 11.9 Å². The number of hydrogen-bond acceptors (Lipinski definition) is 6. The second kappa shape index (κ2) is 19.2. The van der Waals surface area contributed by atoms with Gasteiger partial charge in [0.1, 0.15) is 0 Å². The Morgan fingerprint density at radius 1 is 0.200 bits per heavy atom. The molecule has 13 aromatic carbocycles. The molecule has 0 radical (unpaired) electrons. The average Bonchev–Trinajstić information content (AvgIpc) is 1.64. The minimum atomic E-state index is 0.525. The highest BCUT2D eigenvalue weighted by molar-refractivity contribution is 7.26. The van der Waals surface area contributed by atoms with Gasteiger partial charge in [-0.2, -0.15) is 15.0 Å². The van der Waals surface area contributed by atoms with E-state index in [2.05, 4.69) is 293 Å². The Balaban J connectivity index is 0.814. The Bertz CT molecular complexity index is 6200. The van der Waals surface area contributed by atoms with E-state index in [0.717, 1.165) is 93.7 Å². The smallest absolute Gasteiger partial charge is 0.240 e. The maximum Gasteiger partial charge on any atom is 0.240 e. The van der Waals surface area contributed by atoms with E-state index in [1.807, 2.05) is 34.0 Å². The lowest BCUT2D eigenvalue weighted by Crippen LogP contribution is -2.10. The predicted octanol–water partition coefficient (Wildman–Crippen LogP) is 22.9. The summed E-state index contributed by atoms with van der Waals surface area (Å²) in [5.74, 6) is 1.61. The van der Waals surface area contributed by atoms with Crippen molar-refractivity contribution in [1.29, 1.82) is 0 Å². The van der Waals surface area contributed by atoms with E-state index in [0.29, 0.717) is 17.7 Å². The maximum absolute atomic E-state index is 5.71. The van der Waals surface area contributed by atoms with Crippen LogP contribution in [0.4, 0.5) is 0 Å². The van der Waals surface area contributed by atoms with Crippen molar-refractivity contribution in [2.45, 2.75) is 0 Å². The van der Waals surface area contributed by atoms with Gasteiger partial charge in [0, 0.05) is 104 Å². The standard InChI is InChI=1S/C81H46N6S3/c1-7-22-67-55(16-1)58-34-28-50(47-31-37-76-64(41-47)61-19-4-10-25-73(61)88-76)44-70(58)85(67)54-15-13-14-53(40-54)79-82-80(86-68-23-8-2-17-56(68)59-35-29-51(45-71(59)86)48-32-38-77-65(42-48)62-20-5-11-26-74(62)89-77)84-81(83-79)87-69-24-9-3-18-57(69)60-36-30-52(46-72(60)87)49-33-39-78-66(43-49)63-21-6-12-27-75(63)90-78/h1-46H. The van der Waals surface area contributed by atoms with Crippen LogP contribution in [0, 0.1) is 0 Å². The molecule has 418 valence electrons. The van der Waals surface area contributed by atoms with Crippen LogP contribution in [0.1, 0.15) is 0 Å². The molecular weight excluding hydrogens is 1150 g/mol. The highest BCUT2D eigenvalue weighted by Gasteiger charge is 2.24. The summed E-state index contributed by atoms with van der Waals surface area (Å²) in [4.78, 5) is 17.0. The van der Waals surface area contributed by atoms with Crippen molar-refractivity contribution in [2.24, 2.45) is 0 Å². The van der Waals surface area contributed by atoms with Gasteiger partial charge in [-0.15, -0.1) is 34.0 Å². The topological polar surface area (TPSA) is 53.5 Å². The van der Waals surface area contributed by atoms with Gasteiger partial charge in [0.15, 0.2) is 5.82 Å². The molecule has 6 nitrogen and oxygen atoms in total. The Hall–Kier alpha value is -11.1. The molecule has 90 heavy (non-hydrogen) atoms. The Morgan fingerprint density at radius 3 is 0.944 bits per heavy atom. The fourth-order valence-electron chi connectivity index (χ4n) is 14.3. The molecule has 0 aliphatic rings. The zero-order valence-corrected chi connectivity index (χ0v) is 50.4. The Morgan fingerprint density at radius 2 is 0.522 bits per heavy atom. The van der Waals surface area contributed by atoms with Crippen molar-refractivity contribution < 1.29 is 0 Å². The third kappa shape index (κ3) is 7.52. The number of fused-ring (bicyclic) bond motifs is 18. The van der Waals surface area contributed by atoms with Crippen LogP contribution in [-0.4, -0.2) is 28.7 Å². The summed E-state index contributed by atoms with van der Waals surface area (Å²) >= 11 is 5.54. The lowest BCUT2D eigenvalue weighted by Gasteiger charge is -2.14. The molecular formula is C81H46N6S3. The molecule has 20 aromatic rings. The summed E-state index contributed by atoms with van der Waals surface area (Å²) in [6, 6.07) is 102. The van der Waals surface area contributed by atoms with Gasteiger partial charge < -0.3 is 4.57 Å². The minimum Gasteiger partial charge on any atom is -0.309 e. The van der Waals surface area contributed by atoms with Crippen LogP contribution in [0.3, 0.4) is 0 Å². The first kappa shape index (κ1) is 50.0. The highest BCUT2D eigenvalue weighted by atomic mass is 32.1. The number of hydrogen-bond donors (Lipinski definition) is 0. The first-order valence-corrected chi connectivity index (χ1v) is 32.7. The predicted molar refractivity (Wildman–Crippen MR) is 383 cm³/mol. The van der Waals surface area contributed by atoms with E-state index in [9.17, 15) is 0 Å². The average molecular weight is 1200 g/mol. The summed E-state index contributed by atoms with van der Waals surface area (Å²) in [6.07, 6.45) is 0. The number of para-hydroxylation sites is 3. The molecule has 0 spiro atoms. The summed E-state index contributed by atoms with van der Waals surface area (Å²) in [6.45, 7) is 0. The van der Waals surface area contributed by atoms with E-state index >= 15 is 0 Å². The molecule has 7 heterocycles. The fourth-order valence-corrected chi connectivity index (χ4v) is 17.6. The molecule has 0 fully saturated rings. The van der Waals surface area contributed by atoms with Crippen molar-refractivity contribution in [2.75, 3.05) is 0 Å². The van der Waals surface area contributed by atoms with Gasteiger partial charge in [0.25, 0.3) is 0 Å². The fraction of sp³-hybridized carbons (Fsp3) is 0. The molecule has 0 bridgehead atoms. The zero-order valence-electron chi connectivity index (χ0n) is 48.0. The van der Waals surface area contributed by atoms with Gasteiger partial charge in [0.05, 0.1) is 33.1 Å². The van der Waals surface area contributed by atoms with Crippen LogP contribution in [0.25, 0.3) is 188 Å². The van der Waals surface area contributed by atoms with Crippen LogP contribution < -0.4 is 0 Å². The highest BCUT2D eigenvalue weighted by Crippen LogP contribution is 2.44. The van der Waals surface area contributed by atoms with E-state index in [4.69, 9.17) is 15.0 Å². The molecule has 0 saturated carbocycles. The SMILES string of the molecule is c1cc(-c2nc(-n3c4ccccc4c4ccc(-c5ccc6sc7ccccc7c6c5)cc43)nc(-n3c4ccccc4c4ccc(-c5ccc6sc7ccccc7c6c5)cc43)n2)cc(-n2c3ccccc3c3ccc(-c4ccc5sc6ccccc6c5c4)cc32)c1. The lowest BCUT2D eigenvalue weighted by atomic mass is 10.0. The lowest BCUT2D eigenvalue weighted by molar-refractivity contribution is 0.892. The van der Waals surface area contributed by atoms with Gasteiger partial charge in [-0.1, -0.05) is 176 Å². The molecule has 0 aliphatic heterocycles. The second-order valence-electron chi connectivity index (χ2n) is 23.5. The number of nitrogens with zero attached hydrogens (tertiary/aromatic N) is 6. The van der Waals surface area contributed by atoms with E-state index in [1.54, 1.807) is 0 Å². The molecule has 0 unspecified atom stereocenters. The normalized spacial score (nSPS) is 12.2. The second-order valence-corrected chi connectivity index (χ2v) is 26.7. The summed E-state index contributed by atoms with van der Waals surface area (Å²) in [7, 11) is 0. The van der Waals surface area contributed by atoms with Crippen molar-refractivity contribution >= 4 is 160 Å².